The minimum Gasteiger partial charge on any atom is -0.309 e. The molecule has 8 nitrogen and oxygen atoms in total. The molecule has 1 unspecified atom stereocenters. The zero-order valence-electron chi connectivity index (χ0n) is 19.9. The van der Waals surface area contributed by atoms with Crippen molar-refractivity contribution in [3.63, 3.8) is 0 Å². The number of carbonyl (C=O) groups is 1. The van der Waals surface area contributed by atoms with Gasteiger partial charge >= 0.3 is 0 Å². The quantitative estimate of drug-likeness (QED) is 0.387. The van der Waals surface area contributed by atoms with Crippen LogP contribution in [0, 0.1) is 6.92 Å². The molecule has 4 heterocycles. The molecule has 36 heavy (non-hydrogen) atoms. The van der Waals surface area contributed by atoms with E-state index in [0.29, 0.717) is 23.9 Å². The first kappa shape index (κ1) is 23.8. The van der Waals surface area contributed by atoms with Crippen LogP contribution in [0.5, 0.6) is 0 Å². The van der Waals surface area contributed by atoms with Gasteiger partial charge in [0.2, 0.25) is 11.0 Å². The number of thiazole rings is 1. The van der Waals surface area contributed by atoms with Crippen LogP contribution in [0.1, 0.15) is 48.9 Å². The number of nitrogens with one attached hydrogen (secondary N) is 1. The first-order chi connectivity index (χ1) is 17.4. The van der Waals surface area contributed by atoms with Crippen molar-refractivity contribution < 1.29 is 13.2 Å². The highest BCUT2D eigenvalue weighted by molar-refractivity contribution is 7.91. The van der Waals surface area contributed by atoms with Crippen molar-refractivity contribution in [2.75, 3.05) is 11.9 Å². The summed E-state index contributed by atoms with van der Waals surface area (Å²) in [7, 11) is -3.73. The maximum Gasteiger partial charge on any atom is 0.253 e. The maximum absolute atomic E-state index is 13.5. The lowest BCUT2D eigenvalue weighted by atomic mass is 9.92. The molecular weight excluding hydrogens is 515 g/mol. The van der Waals surface area contributed by atoms with Gasteiger partial charge in [-0.25, -0.2) is 13.4 Å². The smallest absolute Gasteiger partial charge is 0.253 e. The van der Waals surface area contributed by atoms with E-state index in [1.807, 2.05) is 6.92 Å². The molecule has 2 aliphatic rings. The molecule has 1 aromatic carbocycles. The molecule has 0 radical (unpaired) electrons. The predicted molar refractivity (Wildman–Crippen MR) is 143 cm³/mol. The molecule has 1 atom stereocenters. The summed E-state index contributed by atoms with van der Waals surface area (Å²) in [6.07, 6.45) is 6.65. The summed E-state index contributed by atoms with van der Waals surface area (Å²) in [5, 5.41) is 9.99. The summed E-state index contributed by atoms with van der Waals surface area (Å²) in [4.78, 5) is 18.3. The molecule has 0 bridgehead atoms. The highest BCUT2D eigenvalue weighted by atomic mass is 32.2. The van der Waals surface area contributed by atoms with Gasteiger partial charge in [0.25, 0.3) is 10.0 Å². The molecule has 6 rings (SSSR count). The van der Waals surface area contributed by atoms with Crippen molar-refractivity contribution in [1.29, 1.82) is 0 Å². The van der Waals surface area contributed by atoms with Gasteiger partial charge in [0.05, 0.1) is 15.9 Å². The molecule has 0 spiro atoms. The van der Waals surface area contributed by atoms with Crippen LogP contribution >= 0.6 is 22.7 Å². The summed E-state index contributed by atoms with van der Waals surface area (Å²) in [6, 6.07) is 8.77. The van der Waals surface area contributed by atoms with Gasteiger partial charge in [0.15, 0.2) is 0 Å². The lowest BCUT2D eigenvalue weighted by Gasteiger charge is -2.33. The first-order valence-electron chi connectivity index (χ1n) is 12.3. The van der Waals surface area contributed by atoms with E-state index in [4.69, 9.17) is 4.98 Å². The number of aromatic nitrogens is 3. The number of aryl methyl sites for hydroxylation is 3. The lowest BCUT2D eigenvalue weighted by molar-refractivity contribution is -0.120. The number of carbonyl (C=O) groups excluding carboxylic acids is 1. The standard InChI is InChI=1S/C25H27N5O3S3/c1-16-13-22(27-24(31)20-9-4-5-11-29(20)36(32,33)23-10-6-12-34-23)30(28-16)25-26-19-14-17-7-2-3-8-18(17)15-21(19)35-25/h6,10,12-15,20H,2-5,7-9,11H2,1H3,(H,27,31). The van der Waals surface area contributed by atoms with Crippen molar-refractivity contribution in [3.05, 3.63) is 52.5 Å². The number of thiophene rings is 1. The van der Waals surface area contributed by atoms with Crippen LogP contribution < -0.4 is 5.32 Å². The third-order valence-corrected chi connectivity index (χ3v) is 11.2. The summed E-state index contributed by atoms with van der Waals surface area (Å²) in [5.74, 6) is 0.160. The van der Waals surface area contributed by atoms with Crippen LogP contribution in [-0.2, 0) is 27.7 Å². The van der Waals surface area contributed by atoms with Crippen molar-refractivity contribution in [2.24, 2.45) is 0 Å². The van der Waals surface area contributed by atoms with E-state index in [1.165, 1.54) is 39.6 Å². The van der Waals surface area contributed by atoms with Crippen molar-refractivity contribution >= 4 is 54.6 Å². The van der Waals surface area contributed by atoms with Crippen LogP contribution in [0.2, 0.25) is 0 Å². The fourth-order valence-corrected chi connectivity index (χ4v) is 8.91. The molecule has 1 saturated heterocycles. The Kier molecular flexibility index (Phi) is 6.19. The minimum atomic E-state index is -3.73. The second kappa shape index (κ2) is 9.37. The van der Waals surface area contributed by atoms with Crippen LogP contribution in [0.15, 0.2) is 39.9 Å². The Morgan fingerprint density at radius 3 is 2.69 bits per heavy atom. The fraction of sp³-hybridized carbons (Fsp3) is 0.400. The van der Waals surface area contributed by atoms with Crippen molar-refractivity contribution in [2.45, 2.75) is 62.1 Å². The molecule has 188 valence electrons. The van der Waals surface area contributed by atoms with E-state index in [9.17, 15) is 13.2 Å². The normalized spacial score (nSPS) is 18.9. The summed E-state index contributed by atoms with van der Waals surface area (Å²) in [5.41, 5.74) is 4.47. The van der Waals surface area contributed by atoms with Gasteiger partial charge in [-0.3, -0.25) is 4.79 Å². The average molecular weight is 542 g/mol. The molecule has 1 N–H and O–H groups in total. The number of sulfonamides is 1. The highest BCUT2D eigenvalue weighted by Crippen LogP contribution is 2.33. The van der Waals surface area contributed by atoms with Crippen LogP contribution in [0.4, 0.5) is 5.82 Å². The van der Waals surface area contributed by atoms with Gasteiger partial charge < -0.3 is 5.32 Å². The van der Waals surface area contributed by atoms with E-state index in [1.54, 1.807) is 39.6 Å². The molecule has 11 heteroatoms. The fourth-order valence-electron chi connectivity index (χ4n) is 5.16. The van der Waals surface area contributed by atoms with Gasteiger partial charge in [-0.05, 0) is 80.2 Å². The summed E-state index contributed by atoms with van der Waals surface area (Å²) in [6.45, 7) is 2.20. The summed E-state index contributed by atoms with van der Waals surface area (Å²) < 4.78 is 30.9. The number of amides is 1. The monoisotopic (exact) mass is 541 g/mol. The second-order valence-electron chi connectivity index (χ2n) is 9.42. The molecule has 3 aromatic heterocycles. The molecular formula is C25H27N5O3S3. The molecule has 1 fully saturated rings. The topological polar surface area (TPSA) is 97.2 Å². The number of piperidine rings is 1. The number of nitrogens with zero attached hydrogens (tertiary/aromatic N) is 4. The van der Waals surface area contributed by atoms with E-state index >= 15 is 0 Å². The van der Waals surface area contributed by atoms with E-state index in [2.05, 4.69) is 22.5 Å². The van der Waals surface area contributed by atoms with Gasteiger partial charge in [-0.1, -0.05) is 23.8 Å². The molecule has 0 saturated carbocycles. The van der Waals surface area contributed by atoms with Crippen LogP contribution in [-0.4, -0.2) is 46.0 Å². The molecule has 4 aromatic rings. The highest BCUT2D eigenvalue weighted by Gasteiger charge is 2.38. The Morgan fingerprint density at radius 1 is 1.11 bits per heavy atom. The molecule has 1 amide bonds. The van der Waals surface area contributed by atoms with Gasteiger partial charge in [0, 0.05) is 12.6 Å². The molecule has 1 aliphatic carbocycles. The van der Waals surface area contributed by atoms with Gasteiger partial charge in [-0.15, -0.1) is 11.3 Å². The van der Waals surface area contributed by atoms with Gasteiger partial charge in [0.1, 0.15) is 16.1 Å². The van der Waals surface area contributed by atoms with Crippen molar-refractivity contribution in [1.82, 2.24) is 19.1 Å². The Bertz CT molecular complexity index is 1500. The third kappa shape index (κ3) is 4.27. The summed E-state index contributed by atoms with van der Waals surface area (Å²) >= 11 is 2.72. The number of hydrogen-bond donors (Lipinski definition) is 1. The van der Waals surface area contributed by atoms with E-state index in [-0.39, 0.29) is 10.1 Å². The minimum absolute atomic E-state index is 0.264. The van der Waals surface area contributed by atoms with E-state index < -0.39 is 16.1 Å². The Labute approximate surface area is 218 Å². The van der Waals surface area contributed by atoms with Crippen LogP contribution in [0.3, 0.4) is 0 Å². The van der Waals surface area contributed by atoms with Crippen LogP contribution in [0.25, 0.3) is 15.3 Å². The SMILES string of the molecule is Cc1cc(NC(=O)C2CCCCN2S(=O)(=O)c2cccs2)n(-c2nc3cc4c(cc3s2)CCCC4)n1. The number of anilines is 1. The predicted octanol–water partition coefficient (Wildman–Crippen LogP) is 4.91. The second-order valence-corrected chi connectivity index (χ2v) is 13.5. The largest absolute Gasteiger partial charge is 0.309 e. The number of fused-ring (bicyclic) bond motifs is 2. The van der Waals surface area contributed by atoms with Gasteiger partial charge in [-0.2, -0.15) is 14.1 Å². The number of benzene rings is 1. The Hall–Kier alpha value is -2.60. The zero-order chi connectivity index (χ0) is 24.9. The average Bonchev–Trinajstić information content (AvgIpc) is 3.62. The molecule has 1 aliphatic heterocycles. The van der Waals surface area contributed by atoms with E-state index in [0.717, 1.165) is 41.6 Å². The Balaban J connectivity index is 1.30. The zero-order valence-corrected chi connectivity index (χ0v) is 22.4. The number of rotatable bonds is 5. The van der Waals surface area contributed by atoms with Crippen molar-refractivity contribution in [3.8, 4) is 5.13 Å². The number of hydrogen-bond acceptors (Lipinski definition) is 7. The lowest BCUT2D eigenvalue weighted by Crippen LogP contribution is -2.49. The maximum atomic E-state index is 13.5. The Morgan fingerprint density at radius 2 is 1.92 bits per heavy atom. The third-order valence-electron chi connectivity index (χ3n) is 6.92. The first-order valence-corrected chi connectivity index (χ1v) is 15.4.